The van der Waals surface area contributed by atoms with E-state index in [0.29, 0.717) is 24.7 Å². The number of carbonyl (C=O) groups is 1. The predicted molar refractivity (Wildman–Crippen MR) is 76.4 cm³/mol. The third-order valence-corrected chi connectivity index (χ3v) is 2.65. The monoisotopic (exact) mass is 296 g/mol. The van der Waals surface area contributed by atoms with Crippen molar-refractivity contribution in [2.45, 2.75) is 19.4 Å². The molecule has 20 heavy (non-hydrogen) atoms. The van der Waals surface area contributed by atoms with Gasteiger partial charge in [0.1, 0.15) is 6.04 Å². The largest absolute Gasteiger partial charge is 0.354 e. The zero-order valence-electron chi connectivity index (χ0n) is 11.1. The van der Waals surface area contributed by atoms with Gasteiger partial charge in [0.05, 0.1) is 0 Å². The number of aromatic nitrogens is 2. The quantitative estimate of drug-likeness (QED) is 0.863. The predicted octanol–water partition coefficient (Wildman–Crippen LogP) is 1.16. The van der Waals surface area contributed by atoms with E-state index in [-0.39, 0.29) is 18.3 Å². The molecule has 0 saturated carbocycles. The van der Waals surface area contributed by atoms with Crippen molar-refractivity contribution in [3.05, 3.63) is 47.6 Å². The van der Waals surface area contributed by atoms with Gasteiger partial charge < -0.3 is 15.6 Å². The van der Waals surface area contributed by atoms with Gasteiger partial charge in [-0.25, -0.2) is 0 Å². The molecular formula is C13H17ClN4O2. The van der Waals surface area contributed by atoms with Crippen molar-refractivity contribution >= 4 is 18.3 Å². The summed E-state index contributed by atoms with van der Waals surface area (Å²) in [5, 5.41) is 6.42. The minimum atomic E-state index is -0.661. The van der Waals surface area contributed by atoms with Crippen molar-refractivity contribution in [1.29, 1.82) is 0 Å². The van der Waals surface area contributed by atoms with Crippen LogP contribution in [0.1, 0.15) is 23.3 Å². The summed E-state index contributed by atoms with van der Waals surface area (Å²) in [5.41, 5.74) is 6.64. The molecule has 1 amide bonds. The highest BCUT2D eigenvalue weighted by Gasteiger charge is 2.15. The van der Waals surface area contributed by atoms with E-state index in [2.05, 4.69) is 15.5 Å². The average Bonchev–Trinajstić information content (AvgIpc) is 2.84. The lowest BCUT2D eigenvalue weighted by atomic mass is 10.1. The Hall–Kier alpha value is -1.92. The first-order chi connectivity index (χ1) is 9.16. The van der Waals surface area contributed by atoms with Crippen LogP contribution in [-0.4, -0.2) is 22.6 Å². The Bertz CT molecular complexity index is 544. The summed E-state index contributed by atoms with van der Waals surface area (Å²) in [6.45, 7) is 2.16. The van der Waals surface area contributed by atoms with E-state index in [4.69, 9.17) is 10.3 Å². The van der Waals surface area contributed by atoms with Crippen molar-refractivity contribution in [3.63, 3.8) is 0 Å². The lowest BCUT2D eigenvalue weighted by Gasteiger charge is -2.11. The highest BCUT2D eigenvalue weighted by molar-refractivity contribution is 5.85. The molecule has 108 valence electrons. The Morgan fingerprint density at radius 2 is 2.10 bits per heavy atom. The maximum Gasteiger partial charge on any atom is 0.241 e. The normalized spacial score (nSPS) is 11.5. The van der Waals surface area contributed by atoms with Gasteiger partial charge in [0.15, 0.2) is 5.82 Å². The molecule has 0 fully saturated rings. The van der Waals surface area contributed by atoms with E-state index < -0.39 is 6.04 Å². The van der Waals surface area contributed by atoms with E-state index >= 15 is 0 Å². The third kappa shape index (κ3) is 4.32. The molecule has 0 aliphatic heterocycles. The number of nitrogens with two attached hydrogens (primary N) is 1. The molecule has 1 heterocycles. The van der Waals surface area contributed by atoms with Crippen molar-refractivity contribution in [2.24, 2.45) is 5.73 Å². The second-order valence-corrected chi connectivity index (χ2v) is 4.16. The second kappa shape index (κ2) is 7.62. The number of benzene rings is 1. The van der Waals surface area contributed by atoms with Gasteiger partial charge in [0.2, 0.25) is 11.8 Å². The fraction of sp³-hybridized carbons (Fsp3) is 0.308. The summed E-state index contributed by atoms with van der Waals surface area (Å²) < 4.78 is 4.95. The maximum absolute atomic E-state index is 11.8. The molecule has 1 aromatic heterocycles. The topological polar surface area (TPSA) is 94.0 Å². The molecule has 0 aliphatic carbocycles. The van der Waals surface area contributed by atoms with Crippen LogP contribution in [0.2, 0.25) is 0 Å². The summed E-state index contributed by atoms with van der Waals surface area (Å²) in [4.78, 5) is 15.9. The lowest BCUT2D eigenvalue weighted by molar-refractivity contribution is -0.122. The summed E-state index contributed by atoms with van der Waals surface area (Å²) in [6.07, 6.45) is 0.494. The van der Waals surface area contributed by atoms with Crippen molar-refractivity contribution in [1.82, 2.24) is 15.5 Å². The number of aryl methyl sites for hydroxylation is 1. The first-order valence-corrected chi connectivity index (χ1v) is 6.04. The smallest absolute Gasteiger partial charge is 0.241 e. The molecule has 1 unspecified atom stereocenters. The minimum absolute atomic E-state index is 0. The van der Waals surface area contributed by atoms with Gasteiger partial charge in [0.25, 0.3) is 0 Å². The highest BCUT2D eigenvalue weighted by atomic mass is 35.5. The fourth-order valence-electron chi connectivity index (χ4n) is 1.66. The first-order valence-electron chi connectivity index (χ1n) is 6.04. The van der Waals surface area contributed by atoms with Gasteiger partial charge in [-0.05, 0) is 12.5 Å². The molecule has 1 aromatic carbocycles. The lowest BCUT2D eigenvalue weighted by Crippen LogP contribution is -2.35. The zero-order valence-corrected chi connectivity index (χ0v) is 11.9. The number of halogens is 1. The summed E-state index contributed by atoms with van der Waals surface area (Å²) in [6, 6.07) is 8.57. The summed E-state index contributed by atoms with van der Waals surface area (Å²) >= 11 is 0. The second-order valence-electron chi connectivity index (χ2n) is 4.16. The molecular weight excluding hydrogens is 280 g/mol. The van der Waals surface area contributed by atoms with Crippen molar-refractivity contribution in [3.8, 4) is 0 Å². The van der Waals surface area contributed by atoms with Crippen molar-refractivity contribution in [2.75, 3.05) is 6.54 Å². The van der Waals surface area contributed by atoms with E-state index in [1.807, 2.05) is 30.3 Å². The first kappa shape index (κ1) is 16.1. The highest BCUT2D eigenvalue weighted by Crippen LogP contribution is 2.09. The minimum Gasteiger partial charge on any atom is -0.354 e. The molecule has 0 saturated heterocycles. The number of amides is 1. The van der Waals surface area contributed by atoms with E-state index in [9.17, 15) is 4.79 Å². The van der Waals surface area contributed by atoms with Crippen LogP contribution in [-0.2, 0) is 11.2 Å². The van der Waals surface area contributed by atoms with E-state index in [1.54, 1.807) is 6.92 Å². The average molecular weight is 297 g/mol. The molecule has 0 radical (unpaired) electrons. The van der Waals surface area contributed by atoms with Crippen LogP contribution in [0.4, 0.5) is 0 Å². The van der Waals surface area contributed by atoms with Crippen LogP contribution in [0.25, 0.3) is 0 Å². The maximum atomic E-state index is 11.8. The Morgan fingerprint density at radius 1 is 1.40 bits per heavy atom. The van der Waals surface area contributed by atoms with Gasteiger partial charge in [-0.15, -0.1) is 12.4 Å². The van der Waals surface area contributed by atoms with E-state index in [0.717, 1.165) is 5.56 Å². The third-order valence-electron chi connectivity index (χ3n) is 2.65. The SMILES string of the molecule is Cc1noc(CCNC(=O)C(N)c2ccccc2)n1.Cl. The van der Waals surface area contributed by atoms with Crippen LogP contribution in [0.15, 0.2) is 34.9 Å². The Kier molecular flexibility index (Phi) is 6.14. The molecule has 0 spiro atoms. The molecule has 1 atom stereocenters. The van der Waals surface area contributed by atoms with Gasteiger partial charge in [-0.3, -0.25) is 4.79 Å². The van der Waals surface area contributed by atoms with Crippen LogP contribution in [0.3, 0.4) is 0 Å². The van der Waals surface area contributed by atoms with E-state index in [1.165, 1.54) is 0 Å². The van der Waals surface area contributed by atoms with Crippen LogP contribution in [0.5, 0.6) is 0 Å². The number of hydrogen-bond donors (Lipinski definition) is 2. The summed E-state index contributed by atoms with van der Waals surface area (Å²) in [7, 11) is 0. The van der Waals surface area contributed by atoms with Crippen LogP contribution >= 0.6 is 12.4 Å². The van der Waals surface area contributed by atoms with Gasteiger partial charge in [-0.2, -0.15) is 4.98 Å². The molecule has 6 nitrogen and oxygen atoms in total. The number of hydrogen-bond acceptors (Lipinski definition) is 5. The molecule has 0 bridgehead atoms. The molecule has 7 heteroatoms. The molecule has 2 rings (SSSR count). The molecule has 3 N–H and O–H groups in total. The molecule has 2 aromatic rings. The number of rotatable bonds is 5. The Balaban J connectivity index is 0.00000200. The zero-order chi connectivity index (χ0) is 13.7. The Labute approximate surface area is 123 Å². The van der Waals surface area contributed by atoms with Crippen molar-refractivity contribution < 1.29 is 9.32 Å². The Morgan fingerprint density at radius 3 is 2.70 bits per heavy atom. The van der Waals surface area contributed by atoms with Crippen LogP contribution < -0.4 is 11.1 Å². The summed E-state index contributed by atoms with van der Waals surface area (Å²) in [5.74, 6) is 0.871. The van der Waals surface area contributed by atoms with Gasteiger partial charge in [-0.1, -0.05) is 35.5 Å². The number of nitrogens with one attached hydrogen (secondary N) is 1. The van der Waals surface area contributed by atoms with Gasteiger partial charge in [0, 0.05) is 13.0 Å². The van der Waals surface area contributed by atoms with Crippen LogP contribution in [0, 0.1) is 6.92 Å². The fourth-order valence-corrected chi connectivity index (χ4v) is 1.66. The standard InChI is InChI=1S/C13H16N4O2.ClH/c1-9-16-11(19-17-9)7-8-15-13(18)12(14)10-5-3-2-4-6-10;/h2-6,12H,7-8,14H2,1H3,(H,15,18);1H. The van der Waals surface area contributed by atoms with Gasteiger partial charge >= 0.3 is 0 Å². The number of nitrogens with zero attached hydrogens (tertiary/aromatic N) is 2. The number of carbonyl (C=O) groups excluding carboxylic acids is 1. The molecule has 0 aliphatic rings.